The number of hydrogen-bond donors (Lipinski definition) is 15. The number of nitrogens with zero attached hydrogens (tertiary/aromatic N) is 3. The first kappa shape index (κ1) is 103. The van der Waals surface area contributed by atoms with E-state index in [2.05, 4.69) is 53.1 Å². The largest absolute Gasteiger partial charge is 0.508 e. The Hall–Kier alpha value is -10.2. The van der Waals surface area contributed by atoms with Gasteiger partial charge in [-0.1, -0.05) is 132 Å². The van der Waals surface area contributed by atoms with Crippen molar-refractivity contribution < 1.29 is 107 Å². The highest BCUT2D eigenvalue weighted by Crippen LogP contribution is 2.35. The quantitative estimate of drug-likeness (QED) is 0.00372. The zero-order chi connectivity index (χ0) is 89.7. The van der Waals surface area contributed by atoms with Crippen molar-refractivity contribution >= 4 is 128 Å². The van der Waals surface area contributed by atoms with E-state index in [1.54, 1.807) is 43.3 Å². The van der Waals surface area contributed by atoms with E-state index in [0.29, 0.717) is 61.8 Å². The molecule has 1 aromatic heterocycles. The maximum absolute atomic E-state index is 15.1. The first-order chi connectivity index (χ1) is 57.5. The van der Waals surface area contributed by atoms with Gasteiger partial charge in [-0.25, -0.2) is 34.4 Å². The number of likely N-dealkylation sites (N-methyl/N-ethyl adjacent to an activating group) is 1. The Balaban J connectivity index is 1.32. The highest BCUT2D eigenvalue weighted by molar-refractivity contribution is 8.76. The van der Waals surface area contributed by atoms with Crippen LogP contribution in [0.2, 0.25) is 0 Å². The molecule has 39 heteroatoms. The average Bonchev–Trinajstić information content (AvgIpc) is 1.17. The van der Waals surface area contributed by atoms with Crippen LogP contribution in [0.1, 0.15) is 222 Å². The van der Waals surface area contributed by atoms with Crippen LogP contribution in [-0.4, -0.2) is 218 Å². The van der Waals surface area contributed by atoms with Crippen LogP contribution in [0.5, 0.6) is 5.75 Å². The number of thiazole rings is 1. The number of aromatic hydroxyl groups is 1. The van der Waals surface area contributed by atoms with Crippen LogP contribution in [0.15, 0.2) is 53.9 Å². The molecule has 672 valence electrons. The van der Waals surface area contributed by atoms with Gasteiger partial charge in [0.25, 0.3) is 5.91 Å². The topological polar surface area (TPSA) is 542 Å². The number of carbonyl (C=O) groups is 15. The maximum Gasteiger partial charge on any atom is 0.426 e. The number of ketones is 2. The normalized spacial score (nSPS) is 15.1. The molecule has 16 N–H and O–H groups in total. The number of phenolic OH excluding ortho intramolecular Hbond substituents is 1. The van der Waals surface area contributed by atoms with Crippen molar-refractivity contribution in [2.75, 3.05) is 51.5 Å². The molecule has 0 bridgehead atoms. The molecule has 4 rings (SSSR count). The van der Waals surface area contributed by atoms with Crippen LogP contribution in [0.3, 0.4) is 0 Å². The summed E-state index contributed by atoms with van der Waals surface area (Å²) in [5.74, 6) is -13.7. The number of unbranched alkanes of at least 4 members (excludes halogenated alkanes) is 3. The van der Waals surface area contributed by atoms with Gasteiger partial charge in [-0.05, 0) is 125 Å². The Bertz CT molecular complexity index is 3890. The molecule has 0 saturated carbocycles. The van der Waals surface area contributed by atoms with Gasteiger partial charge in [0, 0.05) is 99.5 Å². The zero-order valence-electron chi connectivity index (χ0n) is 70.6. The molecular formula is C82H124N14O22S3. The van der Waals surface area contributed by atoms with Gasteiger partial charge in [-0.2, -0.15) is 0 Å². The molecule has 2 heterocycles. The highest BCUT2D eigenvalue weighted by atomic mass is 33.1. The van der Waals surface area contributed by atoms with Crippen LogP contribution in [0.25, 0.3) is 0 Å². The Labute approximate surface area is 718 Å². The van der Waals surface area contributed by atoms with Gasteiger partial charge in [0.2, 0.25) is 23.6 Å². The second-order valence-electron chi connectivity index (χ2n) is 30.6. The fourth-order valence-corrected chi connectivity index (χ4v) is 16.1. The molecule has 2 aromatic carbocycles. The van der Waals surface area contributed by atoms with Gasteiger partial charge in [0.1, 0.15) is 35.1 Å². The lowest BCUT2D eigenvalue weighted by Gasteiger charge is -2.39. The lowest BCUT2D eigenvalue weighted by Crippen LogP contribution is -2.50. The molecule has 3 aromatic rings. The zero-order valence-corrected chi connectivity index (χ0v) is 73.1. The smallest absolute Gasteiger partial charge is 0.426 e. The van der Waals surface area contributed by atoms with E-state index in [1.807, 2.05) is 53.5 Å². The minimum atomic E-state index is -1.60. The number of benzene rings is 2. The summed E-state index contributed by atoms with van der Waals surface area (Å²) in [5, 5.41) is 67.2. The lowest BCUT2D eigenvalue weighted by atomic mass is 9.82. The summed E-state index contributed by atoms with van der Waals surface area (Å²) < 4.78 is 16.9. The number of Topliss-reactive ketones (excluding diaryl/α,β-unsaturated/α-hetero) is 2. The number of amides is 10. The number of hydrazine groups is 1. The van der Waals surface area contributed by atoms with E-state index in [1.165, 1.54) is 29.3 Å². The number of esters is 2. The molecule has 1 aliphatic rings. The van der Waals surface area contributed by atoms with Crippen LogP contribution in [0, 0.1) is 35.0 Å². The summed E-state index contributed by atoms with van der Waals surface area (Å²) in [6.07, 6.45) is 3.27. The monoisotopic (exact) mass is 1750 g/mol. The molecule has 0 aliphatic carbocycles. The summed E-state index contributed by atoms with van der Waals surface area (Å²) in [7, 11) is 3.91. The Morgan fingerprint density at radius 1 is 0.702 bits per heavy atom. The van der Waals surface area contributed by atoms with Crippen LogP contribution < -0.4 is 53.8 Å². The predicted molar refractivity (Wildman–Crippen MR) is 454 cm³/mol. The number of aromatic nitrogens is 1. The number of carbonyl (C=O) groups excluding carboxylic acids is 12. The van der Waals surface area contributed by atoms with E-state index in [-0.39, 0.29) is 147 Å². The van der Waals surface area contributed by atoms with E-state index in [4.69, 9.17) is 25.4 Å². The molecule has 121 heavy (non-hydrogen) atoms. The Kier molecular flexibility index (Phi) is 47.5. The van der Waals surface area contributed by atoms with E-state index < -0.39 is 151 Å². The Morgan fingerprint density at radius 3 is 2.00 bits per heavy atom. The number of nitrogens with one attached hydrogen (secondary N) is 10. The Morgan fingerprint density at radius 2 is 1.36 bits per heavy atom. The number of carboxylic acid groups (broad SMARTS) is 3. The molecule has 1 fully saturated rings. The number of phenols is 1. The second kappa shape index (κ2) is 55.7. The molecule has 0 radical (unpaired) electrons. The number of carboxylic acids is 3. The standard InChI is InChI=1S/C82H124N14O22S3/c1-10-13-33-86-81(114)92-61(78(109)110)22-16-18-34-85-80(113)87-45-55-27-25-54(26-28-55)40-70(101)89-60(21-14-15-24-69(83)84)66(99)41-56(42-71(102)103)74(106)90-63(79(111)112)47-121-120-37-36-116-82(115)94-93-73(105)51(7)38-57(39-53-29-31-58(98)32-30-53)88-75(107)62-46-119-76(91-62)68(118-52(8)97)44-65(49(4)5)96(48-117-72(104)20-11-2)77(108)59(50(6)12-3)43-67(100)64-23-17-19-35-95(64)9/h25-32,46,49-51,56-57,59-61,63-65,68,98H,10-24,33-45,47-48H2,1-9H3,(H3,83,84)(H,88,107)(H,89,101)(H,90,106)(H,93,105)(H,94,115)(H,102,103)(H,109,110)(H,111,112)(H2,85,87,113)(H2,86,92,114)/t50?,51-,56-,57+,59-,60-,61-,63-,64+,65+,68+/m0/s1. The summed E-state index contributed by atoms with van der Waals surface area (Å²) in [4.78, 5) is 206. The van der Waals surface area contributed by atoms with Gasteiger partial charge < -0.3 is 82.5 Å². The first-order valence-electron chi connectivity index (χ1n) is 41.2. The molecule has 1 saturated heterocycles. The molecule has 11 atom stereocenters. The van der Waals surface area contributed by atoms with Gasteiger partial charge >= 0.3 is 48.0 Å². The SMILES string of the molecule is CCCCNC(=O)N[C@@H](CCCCNC(=O)NCc1ccc(CC(=O)N[C@@H](CCCCC(=N)N)C(=O)C[C@@H](CC(=O)O)C(=O)N[C@@H](CSSCCOC(=O)NNC(=O)[C@@H](C)C[C@H](Cc2ccc(O)cc2)NC(=O)c2csc([C@@H](C[C@H](C(C)C)N(COC(=O)CCC)C(=O)[C@@H](CC(=O)[C@H]3CCCCN3C)C(C)CC)OC(C)=O)n2)C(=O)O)cc1)C(=O)O. The number of aliphatic carboxylic acids is 3. The van der Waals surface area contributed by atoms with E-state index >= 15 is 4.79 Å². The van der Waals surface area contributed by atoms with E-state index in [9.17, 15) is 87.5 Å². The highest BCUT2D eigenvalue weighted by Gasteiger charge is 2.41. The third kappa shape index (κ3) is 39.9. The summed E-state index contributed by atoms with van der Waals surface area (Å²) in [6, 6.07) is 5.97. The number of nitrogens with two attached hydrogens (primary N) is 1. The van der Waals surface area contributed by atoms with Crippen molar-refractivity contribution in [1.82, 2.24) is 62.9 Å². The summed E-state index contributed by atoms with van der Waals surface area (Å²) in [5.41, 5.74) is 11.8. The number of urea groups is 2. The number of hydrogen-bond acceptors (Lipinski definition) is 25. The fourth-order valence-electron chi connectivity index (χ4n) is 13.3. The molecular weight excluding hydrogens is 1630 g/mol. The van der Waals surface area contributed by atoms with Crippen molar-refractivity contribution in [2.24, 2.45) is 35.3 Å². The number of piperidine rings is 1. The minimum Gasteiger partial charge on any atom is -0.508 e. The van der Waals surface area contributed by atoms with Gasteiger partial charge in [-0.15, -0.1) is 11.3 Å². The van der Waals surface area contributed by atoms with Crippen LogP contribution >= 0.6 is 32.9 Å². The lowest BCUT2D eigenvalue weighted by molar-refractivity contribution is -0.162. The fraction of sp³-hybridized carbons (Fsp3) is 0.622. The van der Waals surface area contributed by atoms with Crippen molar-refractivity contribution in [1.29, 1.82) is 5.41 Å². The number of likely N-dealkylation sites (tertiary alicyclic amines) is 1. The van der Waals surface area contributed by atoms with Crippen LogP contribution in [0.4, 0.5) is 14.4 Å². The van der Waals surface area contributed by atoms with Crippen LogP contribution in [-0.2, 0) is 86.3 Å². The summed E-state index contributed by atoms with van der Waals surface area (Å²) in [6.45, 7) is 15.0. The second-order valence-corrected chi connectivity index (χ2v) is 34.1. The summed E-state index contributed by atoms with van der Waals surface area (Å²) >= 11 is 1.03. The van der Waals surface area contributed by atoms with Crippen molar-refractivity contribution in [2.45, 2.75) is 246 Å². The predicted octanol–water partition coefficient (Wildman–Crippen LogP) is 7.97. The molecule has 1 aliphatic heterocycles. The van der Waals surface area contributed by atoms with E-state index in [0.717, 1.165) is 65.2 Å². The van der Waals surface area contributed by atoms with Gasteiger partial charge in [0.15, 0.2) is 24.4 Å². The molecule has 36 nitrogen and oxygen atoms in total. The number of amidine groups is 1. The maximum atomic E-state index is 15.1. The van der Waals surface area contributed by atoms with Crippen molar-refractivity contribution in [3.63, 3.8) is 0 Å². The number of ether oxygens (including phenoxy) is 3. The first-order valence-corrected chi connectivity index (χ1v) is 44.5. The molecule has 0 spiro atoms. The average molecular weight is 1750 g/mol. The third-order valence-electron chi connectivity index (χ3n) is 20.4. The van der Waals surface area contributed by atoms with Gasteiger partial charge in [0.05, 0.1) is 36.7 Å². The van der Waals surface area contributed by atoms with Gasteiger partial charge in [-0.3, -0.25) is 63.7 Å². The molecule has 1 unspecified atom stereocenters. The van der Waals surface area contributed by atoms with Crippen molar-refractivity contribution in [3.8, 4) is 5.75 Å². The van der Waals surface area contributed by atoms with Crippen molar-refractivity contribution in [3.05, 3.63) is 81.3 Å². The minimum absolute atomic E-state index is 0.0119. The molecule has 10 amide bonds. The number of rotatable bonds is 57. The third-order valence-corrected chi connectivity index (χ3v) is 23.7.